The molecule has 1 amide bonds. The third-order valence-electron chi connectivity index (χ3n) is 5.61. The number of hydrogen-bond acceptors (Lipinski definition) is 9. The van der Waals surface area contributed by atoms with Gasteiger partial charge < -0.3 is 19.1 Å². The zero-order valence-corrected chi connectivity index (χ0v) is 19.6. The van der Waals surface area contributed by atoms with Crippen LogP contribution in [0.2, 0.25) is 0 Å². The van der Waals surface area contributed by atoms with Gasteiger partial charge in [-0.15, -0.1) is 4.99 Å². The maximum atomic E-state index is 12.2. The number of rotatable bonds is 9. The lowest BCUT2D eigenvalue weighted by Gasteiger charge is -2.36. The number of anilines is 1. The highest BCUT2D eigenvalue weighted by Crippen LogP contribution is 2.27. The van der Waals surface area contributed by atoms with Gasteiger partial charge in [-0.05, 0) is 51.5 Å². The van der Waals surface area contributed by atoms with E-state index in [0.717, 1.165) is 26.1 Å². The van der Waals surface area contributed by atoms with E-state index in [1.54, 1.807) is 29.2 Å². The lowest BCUT2D eigenvalue weighted by Crippen LogP contribution is -2.50. The number of carbonyl (C=O) groups is 2. The molecule has 0 bridgehead atoms. The number of nitrogens with one attached hydrogen (secondary N) is 1. The van der Waals surface area contributed by atoms with Crippen LogP contribution in [0.25, 0.3) is 0 Å². The zero-order chi connectivity index (χ0) is 23.8. The Morgan fingerprint density at radius 1 is 1.06 bits per heavy atom. The van der Waals surface area contributed by atoms with E-state index in [0.29, 0.717) is 43.8 Å². The molecule has 1 heterocycles. The van der Waals surface area contributed by atoms with E-state index in [-0.39, 0.29) is 24.3 Å². The number of carbonyl (C=O) groups excluding carboxylic acids is 2. The largest absolute Gasteiger partial charge is 0.459 e. The summed E-state index contributed by atoms with van der Waals surface area (Å²) in [7, 11) is 0. The van der Waals surface area contributed by atoms with Crippen LogP contribution >= 0.6 is 0 Å². The molecule has 1 aliphatic heterocycles. The smallest absolute Gasteiger partial charge is 0.410 e. The molecule has 10 nitrogen and oxygen atoms in total. The summed E-state index contributed by atoms with van der Waals surface area (Å²) in [6.07, 6.45) is 2.10. The normalized spacial score (nSPS) is 21.3. The molecule has 33 heavy (non-hydrogen) atoms. The van der Waals surface area contributed by atoms with Gasteiger partial charge in [0.25, 0.3) is 0 Å². The molecule has 1 aliphatic carbocycles. The highest BCUT2D eigenvalue weighted by atomic mass is 17.2. The molecule has 2 N–H and O–H groups in total. The summed E-state index contributed by atoms with van der Waals surface area (Å²) in [5.74, 6) is -0.375. The van der Waals surface area contributed by atoms with Crippen molar-refractivity contribution < 1.29 is 34.0 Å². The van der Waals surface area contributed by atoms with E-state index >= 15 is 0 Å². The van der Waals surface area contributed by atoms with Crippen LogP contribution in [0.5, 0.6) is 0 Å². The Labute approximate surface area is 194 Å². The third kappa shape index (κ3) is 8.15. The molecular weight excluding hydrogens is 430 g/mol. The van der Waals surface area contributed by atoms with Crippen molar-refractivity contribution in [2.24, 2.45) is 0 Å². The second-order valence-corrected chi connectivity index (χ2v) is 9.42. The molecule has 2 fully saturated rings. The SMILES string of the molecule is CC(C)(C)OC(=O)N1CCN(CCCOC2CC(OC(=O)c3ccc(NOO)cc3)C2)CC1. The van der Waals surface area contributed by atoms with Crippen molar-refractivity contribution >= 4 is 17.7 Å². The average molecular weight is 466 g/mol. The number of hydrogen-bond donors (Lipinski definition) is 2. The molecule has 0 spiro atoms. The molecular formula is C23H35N3O7. The van der Waals surface area contributed by atoms with Crippen LogP contribution in [-0.4, -0.2) is 84.3 Å². The molecule has 0 unspecified atom stereocenters. The van der Waals surface area contributed by atoms with Crippen LogP contribution in [0.15, 0.2) is 24.3 Å². The molecule has 2 aliphatic rings. The minimum atomic E-state index is -0.468. The molecule has 0 atom stereocenters. The Morgan fingerprint density at radius 3 is 2.33 bits per heavy atom. The van der Waals surface area contributed by atoms with Crippen LogP contribution in [0.3, 0.4) is 0 Å². The van der Waals surface area contributed by atoms with Gasteiger partial charge in [0, 0.05) is 52.2 Å². The van der Waals surface area contributed by atoms with Crippen LogP contribution in [0.1, 0.15) is 50.4 Å². The number of esters is 1. The molecule has 1 saturated heterocycles. The number of benzene rings is 1. The monoisotopic (exact) mass is 465 g/mol. The van der Waals surface area contributed by atoms with Crippen LogP contribution in [0.4, 0.5) is 10.5 Å². The van der Waals surface area contributed by atoms with Crippen molar-refractivity contribution in [2.75, 3.05) is 44.8 Å². The average Bonchev–Trinajstić information content (AvgIpc) is 2.74. The summed E-state index contributed by atoms with van der Waals surface area (Å²) in [6, 6.07) is 6.42. The molecule has 1 aromatic carbocycles. The summed E-state index contributed by atoms with van der Waals surface area (Å²) in [5, 5.41) is 8.35. The quantitative estimate of drug-likeness (QED) is 0.246. The van der Waals surface area contributed by atoms with Gasteiger partial charge in [0.15, 0.2) is 0 Å². The standard InChI is InChI=1S/C23H35N3O7/c1-23(2,3)32-22(28)26-12-10-25(11-13-26)9-4-14-30-19-15-20(16-19)31-21(27)17-5-7-18(8-6-17)24-33-29/h5-8,19-20,24,29H,4,9-16H2,1-3H3. The summed E-state index contributed by atoms with van der Waals surface area (Å²) in [5.41, 5.74) is 2.76. The minimum absolute atomic E-state index is 0.123. The van der Waals surface area contributed by atoms with Gasteiger partial charge in [-0.3, -0.25) is 4.90 Å². The van der Waals surface area contributed by atoms with E-state index in [9.17, 15) is 9.59 Å². The number of nitrogens with zero attached hydrogens (tertiary/aromatic N) is 2. The molecule has 0 aromatic heterocycles. The first-order valence-electron chi connectivity index (χ1n) is 11.4. The highest BCUT2D eigenvalue weighted by molar-refractivity contribution is 5.90. The lowest BCUT2D eigenvalue weighted by atomic mass is 9.92. The van der Waals surface area contributed by atoms with Crippen LogP contribution in [0, 0.1) is 0 Å². The molecule has 0 radical (unpaired) electrons. The predicted molar refractivity (Wildman–Crippen MR) is 121 cm³/mol. The topological polar surface area (TPSA) is 110 Å². The Bertz CT molecular complexity index is 767. The van der Waals surface area contributed by atoms with Gasteiger partial charge in [-0.2, -0.15) is 0 Å². The fraction of sp³-hybridized carbons (Fsp3) is 0.652. The summed E-state index contributed by atoms with van der Waals surface area (Å²) >= 11 is 0. The summed E-state index contributed by atoms with van der Waals surface area (Å²) < 4.78 is 16.8. The fourth-order valence-electron chi connectivity index (χ4n) is 3.71. The Kier molecular flexibility index (Phi) is 8.90. The van der Waals surface area contributed by atoms with Gasteiger partial charge in [-0.25, -0.2) is 20.3 Å². The Morgan fingerprint density at radius 2 is 1.73 bits per heavy atom. The highest BCUT2D eigenvalue weighted by Gasteiger charge is 2.33. The molecule has 1 aromatic rings. The number of amides is 1. The number of piperazine rings is 1. The van der Waals surface area contributed by atoms with Gasteiger partial charge in [-0.1, -0.05) is 0 Å². The Hall–Kier alpha value is -2.40. The van der Waals surface area contributed by atoms with E-state index in [1.165, 1.54) is 0 Å². The van der Waals surface area contributed by atoms with Crippen molar-refractivity contribution in [3.05, 3.63) is 29.8 Å². The second-order valence-electron chi connectivity index (χ2n) is 9.42. The first-order chi connectivity index (χ1) is 15.7. The van der Waals surface area contributed by atoms with Gasteiger partial charge in [0.1, 0.15) is 11.7 Å². The van der Waals surface area contributed by atoms with Crippen molar-refractivity contribution in [1.82, 2.24) is 9.80 Å². The predicted octanol–water partition coefficient (Wildman–Crippen LogP) is 3.15. The Balaban J connectivity index is 1.23. The lowest BCUT2D eigenvalue weighted by molar-refractivity contribution is -0.215. The van der Waals surface area contributed by atoms with Crippen LogP contribution < -0.4 is 5.48 Å². The molecule has 184 valence electrons. The number of ether oxygens (including phenoxy) is 3. The first-order valence-corrected chi connectivity index (χ1v) is 11.4. The summed E-state index contributed by atoms with van der Waals surface area (Å²) in [4.78, 5) is 32.3. The van der Waals surface area contributed by atoms with Crippen molar-refractivity contribution in [3.8, 4) is 0 Å². The van der Waals surface area contributed by atoms with Gasteiger partial charge >= 0.3 is 12.1 Å². The van der Waals surface area contributed by atoms with Crippen molar-refractivity contribution in [2.45, 2.75) is 57.8 Å². The van der Waals surface area contributed by atoms with E-state index in [4.69, 9.17) is 19.5 Å². The fourth-order valence-corrected chi connectivity index (χ4v) is 3.71. The van der Waals surface area contributed by atoms with Crippen molar-refractivity contribution in [3.63, 3.8) is 0 Å². The van der Waals surface area contributed by atoms with Gasteiger partial charge in [0.05, 0.1) is 17.4 Å². The maximum absolute atomic E-state index is 12.2. The second kappa shape index (κ2) is 11.6. The zero-order valence-electron chi connectivity index (χ0n) is 19.6. The van der Waals surface area contributed by atoms with Crippen molar-refractivity contribution in [1.29, 1.82) is 0 Å². The van der Waals surface area contributed by atoms with E-state index in [2.05, 4.69) is 15.4 Å². The third-order valence-corrected chi connectivity index (χ3v) is 5.61. The first kappa shape index (κ1) is 25.2. The molecule has 10 heteroatoms. The van der Waals surface area contributed by atoms with Gasteiger partial charge in [0.2, 0.25) is 0 Å². The molecule has 1 saturated carbocycles. The summed E-state index contributed by atoms with van der Waals surface area (Å²) in [6.45, 7) is 10.3. The molecule has 3 rings (SSSR count). The minimum Gasteiger partial charge on any atom is -0.459 e. The van der Waals surface area contributed by atoms with Crippen LogP contribution in [-0.2, 0) is 19.2 Å². The maximum Gasteiger partial charge on any atom is 0.410 e. The van der Waals surface area contributed by atoms with E-state index < -0.39 is 5.60 Å². The van der Waals surface area contributed by atoms with E-state index in [1.807, 2.05) is 20.8 Å².